The summed E-state index contributed by atoms with van der Waals surface area (Å²) >= 11 is 0. The fourth-order valence-electron chi connectivity index (χ4n) is 6.21. The van der Waals surface area contributed by atoms with Gasteiger partial charge in [0.2, 0.25) is 0 Å². The lowest BCUT2D eigenvalue weighted by Crippen LogP contribution is -2.53. The van der Waals surface area contributed by atoms with Crippen molar-refractivity contribution in [2.45, 2.75) is 71.1 Å². The Hall–Kier alpha value is -2.36. The number of aryl methyl sites for hydroxylation is 1. The molecule has 0 aromatic heterocycles. The van der Waals surface area contributed by atoms with E-state index in [1.807, 2.05) is 0 Å². The molecular formula is C27H35FN2O. The van der Waals surface area contributed by atoms with Gasteiger partial charge in [0, 0.05) is 12.2 Å². The molecule has 0 spiro atoms. The summed E-state index contributed by atoms with van der Waals surface area (Å²) in [6.07, 6.45) is 5.80. The molecule has 0 bridgehead atoms. The highest BCUT2D eigenvalue weighted by Crippen LogP contribution is 2.57. The lowest BCUT2D eigenvalue weighted by Gasteiger charge is -2.55. The number of hydrogen-bond acceptors (Lipinski definition) is 1. The van der Waals surface area contributed by atoms with Crippen molar-refractivity contribution in [3.63, 3.8) is 0 Å². The molecule has 1 saturated carbocycles. The van der Waals surface area contributed by atoms with Crippen molar-refractivity contribution >= 4 is 11.7 Å². The molecule has 2 aliphatic carbocycles. The van der Waals surface area contributed by atoms with Crippen LogP contribution in [0.25, 0.3) is 0 Å². The van der Waals surface area contributed by atoms with Crippen molar-refractivity contribution in [1.29, 1.82) is 0 Å². The molecule has 0 aliphatic heterocycles. The van der Waals surface area contributed by atoms with Gasteiger partial charge in [-0.1, -0.05) is 52.3 Å². The van der Waals surface area contributed by atoms with Crippen LogP contribution in [0.4, 0.5) is 14.9 Å². The quantitative estimate of drug-likeness (QED) is 0.560. The second kappa shape index (κ2) is 8.29. The summed E-state index contributed by atoms with van der Waals surface area (Å²) in [5.41, 5.74) is 5.29. The third kappa shape index (κ3) is 4.22. The lowest BCUT2D eigenvalue weighted by molar-refractivity contribution is 0.0281. The van der Waals surface area contributed by atoms with E-state index in [1.54, 1.807) is 12.1 Å². The third-order valence-electron chi connectivity index (χ3n) is 7.92. The van der Waals surface area contributed by atoms with Crippen LogP contribution in [0, 0.1) is 17.2 Å². The minimum atomic E-state index is -0.307. The SMILES string of the molecule is CC(C)c1ccc2c(c1)CC[C@H]1[C@](C)(CNC(=O)Nc3ccc(F)cc3)CCC[C@]21C. The molecule has 2 aromatic rings. The molecule has 2 aliphatic rings. The molecule has 3 nitrogen and oxygen atoms in total. The Morgan fingerprint density at radius 2 is 1.87 bits per heavy atom. The van der Waals surface area contributed by atoms with E-state index in [-0.39, 0.29) is 22.7 Å². The van der Waals surface area contributed by atoms with E-state index in [9.17, 15) is 9.18 Å². The Bertz CT molecular complexity index is 954. The molecule has 166 valence electrons. The molecule has 1 fully saturated rings. The second-order valence-electron chi connectivity index (χ2n) is 10.4. The average molecular weight is 423 g/mol. The lowest BCUT2D eigenvalue weighted by atomic mass is 9.49. The molecule has 3 atom stereocenters. The topological polar surface area (TPSA) is 41.1 Å². The predicted octanol–water partition coefficient (Wildman–Crippen LogP) is 6.78. The van der Waals surface area contributed by atoms with Crippen LogP contribution in [0.3, 0.4) is 0 Å². The maximum atomic E-state index is 13.1. The number of rotatable bonds is 4. The monoisotopic (exact) mass is 422 g/mol. The number of carbonyl (C=O) groups is 1. The number of halogens is 1. The van der Waals surface area contributed by atoms with Gasteiger partial charge in [-0.25, -0.2) is 9.18 Å². The molecule has 0 radical (unpaired) electrons. The molecule has 4 rings (SSSR count). The average Bonchev–Trinajstić information content (AvgIpc) is 2.73. The van der Waals surface area contributed by atoms with Gasteiger partial charge in [0.05, 0.1) is 0 Å². The van der Waals surface area contributed by atoms with E-state index in [0.29, 0.717) is 24.1 Å². The van der Waals surface area contributed by atoms with Crippen molar-refractivity contribution in [2.75, 3.05) is 11.9 Å². The Balaban J connectivity index is 1.49. The van der Waals surface area contributed by atoms with Crippen molar-refractivity contribution < 1.29 is 9.18 Å². The summed E-state index contributed by atoms with van der Waals surface area (Å²) in [6, 6.07) is 12.8. The number of hydrogen-bond donors (Lipinski definition) is 2. The highest BCUT2D eigenvalue weighted by molar-refractivity contribution is 5.89. The van der Waals surface area contributed by atoms with Crippen LogP contribution in [-0.4, -0.2) is 12.6 Å². The molecule has 31 heavy (non-hydrogen) atoms. The van der Waals surface area contributed by atoms with Gasteiger partial charge in [0.25, 0.3) is 0 Å². The van der Waals surface area contributed by atoms with Crippen molar-refractivity contribution in [2.24, 2.45) is 11.3 Å². The molecule has 0 heterocycles. The summed E-state index contributed by atoms with van der Waals surface area (Å²) in [4.78, 5) is 12.5. The summed E-state index contributed by atoms with van der Waals surface area (Å²) < 4.78 is 13.1. The van der Waals surface area contributed by atoms with Gasteiger partial charge in [-0.15, -0.1) is 0 Å². The summed E-state index contributed by atoms with van der Waals surface area (Å²) in [6.45, 7) is 9.96. The highest BCUT2D eigenvalue weighted by atomic mass is 19.1. The van der Waals surface area contributed by atoms with Crippen molar-refractivity contribution in [3.8, 4) is 0 Å². The minimum Gasteiger partial charge on any atom is -0.337 e. The molecule has 2 N–H and O–H groups in total. The number of nitrogens with one attached hydrogen (secondary N) is 2. The maximum absolute atomic E-state index is 13.1. The molecule has 2 aromatic carbocycles. The molecular weight excluding hydrogens is 387 g/mol. The zero-order chi connectivity index (χ0) is 22.2. The van der Waals surface area contributed by atoms with E-state index in [1.165, 1.54) is 48.1 Å². The zero-order valence-corrected chi connectivity index (χ0v) is 19.2. The molecule has 2 amide bonds. The first-order valence-electron chi connectivity index (χ1n) is 11.6. The van der Waals surface area contributed by atoms with Gasteiger partial charge in [-0.2, -0.15) is 0 Å². The Morgan fingerprint density at radius 1 is 1.13 bits per heavy atom. The maximum Gasteiger partial charge on any atom is 0.319 e. The second-order valence-corrected chi connectivity index (χ2v) is 10.4. The van der Waals surface area contributed by atoms with Gasteiger partial charge >= 0.3 is 6.03 Å². The summed E-state index contributed by atoms with van der Waals surface area (Å²) in [5, 5.41) is 5.93. The van der Waals surface area contributed by atoms with Crippen LogP contribution in [-0.2, 0) is 11.8 Å². The van der Waals surface area contributed by atoms with Gasteiger partial charge in [0.15, 0.2) is 0 Å². The molecule has 4 heteroatoms. The van der Waals surface area contributed by atoms with E-state index in [2.05, 4.69) is 56.5 Å². The van der Waals surface area contributed by atoms with Gasteiger partial charge in [-0.05, 0) is 89.3 Å². The molecule has 0 saturated heterocycles. The van der Waals surface area contributed by atoms with Crippen LogP contribution in [0.1, 0.15) is 76.0 Å². The van der Waals surface area contributed by atoms with Gasteiger partial charge in [-0.3, -0.25) is 0 Å². The number of amides is 2. The van der Waals surface area contributed by atoms with Gasteiger partial charge < -0.3 is 10.6 Å². The van der Waals surface area contributed by atoms with Crippen molar-refractivity contribution in [1.82, 2.24) is 5.32 Å². The first-order chi connectivity index (χ1) is 14.7. The fraction of sp³-hybridized carbons (Fsp3) is 0.519. The Morgan fingerprint density at radius 3 is 2.58 bits per heavy atom. The highest BCUT2D eigenvalue weighted by Gasteiger charge is 2.51. The Labute approximate surface area is 185 Å². The number of carbonyl (C=O) groups excluding carboxylic acids is 1. The number of anilines is 1. The fourth-order valence-corrected chi connectivity index (χ4v) is 6.21. The van der Waals surface area contributed by atoms with Crippen LogP contribution in [0.2, 0.25) is 0 Å². The largest absolute Gasteiger partial charge is 0.337 e. The zero-order valence-electron chi connectivity index (χ0n) is 19.2. The number of fused-ring (bicyclic) bond motifs is 3. The van der Waals surface area contributed by atoms with E-state index < -0.39 is 0 Å². The standard InChI is InChI=1S/C27H35FN2O/c1-18(2)19-6-12-23-20(16-19)7-13-24-26(3,14-5-15-27(23,24)4)17-29-25(31)30-22-10-8-21(28)9-11-22/h6,8-12,16,18,24H,5,7,13-15,17H2,1-4H3,(H2,29,30,31)/t24-,26-,27+/m0/s1. The van der Waals surface area contributed by atoms with Crippen LogP contribution >= 0.6 is 0 Å². The number of urea groups is 1. The van der Waals surface area contributed by atoms with E-state index >= 15 is 0 Å². The number of benzene rings is 2. The summed E-state index contributed by atoms with van der Waals surface area (Å²) in [5.74, 6) is 0.784. The normalized spacial score (nSPS) is 27.4. The smallest absolute Gasteiger partial charge is 0.319 e. The first-order valence-corrected chi connectivity index (χ1v) is 11.6. The van der Waals surface area contributed by atoms with E-state index in [4.69, 9.17) is 0 Å². The van der Waals surface area contributed by atoms with Crippen molar-refractivity contribution in [3.05, 3.63) is 65.0 Å². The molecule has 0 unspecified atom stereocenters. The van der Waals surface area contributed by atoms with E-state index in [0.717, 1.165) is 12.8 Å². The van der Waals surface area contributed by atoms with Crippen LogP contribution in [0.15, 0.2) is 42.5 Å². The first kappa shape index (κ1) is 21.9. The minimum absolute atomic E-state index is 0.0571. The Kier molecular flexibility index (Phi) is 5.85. The van der Waals surface area contributed by atoms with Gasteiger partial charge in [0.1, 0.15) is 5.82 Å². The van der Waals surface area contributed by atoms with Crippen LogP contribution < -0.4 is 10.6 Å². The predicted molar refractivity (Wildman–Crippen MR) is 125 cm³/mol. The van der Waals surface area contributed by atoms with Crippen LogP contribution in [0.5, 0.6) is 0 Å². The summed E-state index contributed by atoms with van der Waals surface area (Å²) in [7, 11) is 0. The third-order valence-corrected chi connectivity index (χ3v) is 7.92.